The summed E-state index contributed by atoms with van der Waals surface area (Å²) in [6, 6.07) is 5.78. The molecule has 0 bridgehead atoms. The lowest BCUT2D eigenvalue weighted by Gasteiger charge is -2.31. The molecule has 0 unspecified atom stereocenters. The van der Waals surface area contributed by atoms with Gasteiger partial charge in [-0.2, -0.15) is 0 Å². The Kier molecular flexibility index (Phi) is 3.44. The number of fused-ring (bicyclic) bond motifs is 1. The Morgan fingerprint density at radius 1 is 1.30 bits per heavy atom. The van der Waals surface area contributed by atoms with Crippen molar-refractivity contribution in [2.45, 2.75) is 25.3 Å². The number of anilines is 1. The van der Waals surface area contributed by atoms with Gasteiger partial charge in [-0.3, -0.25) is 9.59 Å². The zero-order valence-corrected chi connectivity index (χ0v) is 11.6. The number of rotatable bonds is 2. The highest BCUT2D eigenvalue weighted by molar-refractivity contribution is 6.02. The molecule has 2 aliphatic heterocycles. The Morgan fingerprint density at radius 2 is 2.05 bits per heavy atom. The largest absolute Gasteiger partial charge is 0.339 e. The Balaban J connectivity index is 1.77. The zero-order chi connectivity index (χ0) is 14.1. The highest BCUT2D eigenvalue weighted by atomic mass is 16.2. The number of hydrogen-bond donors (Lipinski definition) is 2. The zero-order valence-electron chi connectivity index (χ0n) is 11.6. The molecule has 0 atom stereocenters. The van der Waals surface area contributed by atoms with E-state index in [9.17, 15) is 9.59 Å². The Morgan fingerprint density at radius 3 is 2.80 bits per heavy atom. The molecule has 1 fully saturated rings. The standard InChI is InChI=1S/C15H19N3O2/c1-18(12-4-6-16-7-5-12)15(20)11-3-2-10-9-14(19)17-13(10)8-11/h2-3,8,12,16H,4-7,9H2,1H3,(H,17,19). The summed E-state index contributed by atoms with van der Waals surface area (Å²) in [6.07, 6.45) is 2.39. The van der Waals surface area contributed by atoms with Crippen LogP contribution in [-0.4, -0.2) is 42.9 Å². The second-order valence-electron chi connectivity index (χ2n) is 5.49. The van der Waals surface area contributed by atoms with Gasteiger partial charge >= 0.3 is 0 Å². The molecule has 5 heteroatoms. The smallest absolute Gasteiger partial charge is 0.253 e. The molecule has 1 aromatic rings. The minimum absolute atomic E-state index is 0.00342. The Hall–Kier alpha value is -1.88. The van der Waals surface area contributed by atoms with Crippen LogP contribution in [0.2, 0.25) is 0 Å². The van der Waals surface area contributed by atoms with Crippen LogP contribution in [-0.2, 0) is 11.2 Å². The number of amides is 2. The van der Waals surface area contributed by atoms with Crippen LogP contribution >= 0.6 is 0 Å². The summed E-state index contributed by atoms with van der Waals surface area (Å²) in [5.74, 6) is 0.0251. The van der Waals surface area contributed by atoms with Gasteiger partial charge in [-0.1, -0.05) is 6.07 Å². The van der Waals surface area contributed by atoms with E-state index in [0.29, 0.717) is 18.0 Å². The molecule has 0 aromatic heterocycles. The quantitative estimate of drug-likeness (QED) is 0.845. The average molecular weight is 273 g/mol. The average Bonchev–Trinajstić information content (AvgIpc) is 2.85. The monoisotopic (exact) mass is 273 g/mol. The van der Waals surface area contributed by atoms with Crippen LogP contribution in [0.4, 0.5) is 5.69 Å². The van der Waals surface area contributed by atoms with Crippen molar-refractivity contribution in [2.24, 2.45) is 0 Å². The van der Waals surface area contributed by atoms with E-state index in [2.05, 4.69) is 10.6 Å². The van der Waals surface area contributed by atoms with Crippen LogP contribution in [0.5, 0.6) is 0 Å². The first-order valence-corrected chi connectivity index (χ1v) is 7.06. The number of piperidine rings is 1. The van der Waals surface area contributed by atoms with Gasteiger partial charge in [0.05, 0.1) is 6.42 Å². The molecule has 106 valence electrons. The maximum Gasteiger partial charge on any atom is 0.253 e. The van der Waals surface area contributed by atoms with E-state index < -0.39 is 0 Å². The van der Waals surface area contributed by atoms with E-state index in [1.54, 1.807) is 6.07 Å². The second kappa shape index (κ2) is 5.25. The summed E-state index contributed by atoms with van der Waals surface area (Å²) < 4.78 is 0. The second-order valence-corrected chi connectivity index (χ2v) is 5.49. The lowest BCUT2D eigenvalue weighted by atomic mass is 10.0. The van der Waals surface area contributed by atoms with Gasteiger partial charge in [-0.05, 0) is 43.6 Å². The Bertz CT molecular complexity index is 550. The third-order valence-corrected chi connectivity index (χ3v) is 4.16. The van der Waals surface area contributed by atoms with Crippen LogP contribution in [0, 0.1) is 0 Å². The number of benzene rings is 1. The molecule has 0 radical (unpaired) electrons. The number of nitrogens with zero attached hydrogens (tertiary/aromatic N) is 1. The van der Waals surface area contributed by atoms with Gasteiger partial charge in [0.1, 0.15) is 0 Å². The van der Waals surface area contributed by atoms with Crippen molar-refractivity contribution in [1.82, 2.24) is 10.2 Å². The molecule has 1 saturated heterocycles. The van der Waals surface area contributed by atoms with Crippen LogP contribution in [0.25, 0.3) is 0 Å². The maximum atomic E-state index is 12.5. The summed E-state index contributed by atoms with van der Waals surface area (Å²) in [7, 11) is 1.87. The molecule has 2 amide bonds. The first kappa shape index (κ1) is 13.1. The van der Waals surface area contributed by atoms with Gasteiger partial charge in [0.15, 0.2) is 0 Å². The van der Waals surface area contributed by atoms with Crippen molar-refractivity contribution in [3.8, 4) is 0 Å². The van der Waals surface area contributed by atoms with Crippen LogP contribution in [0.15, 0.2) is 18.2 Å². The molecule has 1 aromatic carbocycles. The third kappa shape index (κ3) is 2.41. The molecule has 20 heavy (non-hydrogen) atoms. The van der Waals surface area contributed by atoms with E-state index in [1.165, 1.54) is 0 Å². The molecule has 0 aliphatic carbocycles. The summed E-state index contributed by atoms with van der Waals surface area (Å²) in [5.41, 5.74) is 2.39. The number of carbonyl (C=O) groups excluding carboxylic acids is 2. The molecule has 2 heterocycles. The predicted octanol–water partition coefficient (Wildman–Crippen LogP) is 1.01. The fraction of sp³-hybridized carbons (Fsp3) is 0.467. The normalized spacial score (nSPS) is 18.6. The van der Waals surface area contributed by atoms with E-state index >= 15 is 0 Å². The van der Waals surface area contributed by atoms with E-state index in [4.69, 9.17) is 0 Å². The first-order chi connectivity index (χ1) is 9.65. The minimum Gasteiger partial charge on any atom is -0.339 e. The van der Waals surface area contributed by atoms with Crippen molar-refractivity contribution in [2.75, 3.05) is 25.5 Å². The fourth-order valence-corrected chi connectivity index (χ4v) is 2.91. The van der Waals surface area contributed by atoms with Crippen molar-refractivity contribution >= 4 is 17.5 Å². The van der Waals surface area contributed by atoms with Gasteiger partial charge in [0, 0.05) is 24.3 Å². The van der Waals surface area contributed by atoms with Crippen molar-refractivity contribution in [1.29, 1.82) is 0 Å². The topological polar surface area (TPSA) is 61.4 Å². The lowest BCUT2D eigenvalue weighted by molar-refractivity contribution is -0.115. The van der Waals surface area contributed by atoms with Gasteiger partial charge in [-0.15, -0.1) is 0 Å². The highest BCUT2D eigenvalue weighted by Gasteiger charge is 2.24. The lowest BCUT2D eigenvalue weighted by Crippen LogP contribution is -2.43. The van der Waals surface area contributed by atoms with Gasteiger partial charge in [0.25, 0.3) is 5.91 Å². The SMILES string of the molecule is CN(C(=O)c1ccc2c(c1)NC(=O)C2)C1CCNCC1. The maximum absolute atomic E-state index is 12.5. The van der Waals surface area contributed by atoms with Gasteiger partial charge < -0.3 is 15.5 Å². The van der Waals surface area contributed by atoms with E-state index in [-0.39, 0.29) is 11.8 Å². The molecular formula is C15H19N3O2. The third-order valence-electron chi connectivity index (χ3n) is 4.16. The molecule has 2 aliphatic rings. The first-order valence-electron chi connectivity index (χ1n) is 7.06. The minimum atomic E-state index is -0.00342. The summed E-state index contributed by atoms with van der Waals surface area (Å²) in [6.45, 7) is 1.92. The van der Waals surface area contributed by atoms with Crippen molar-refractivity contribution in [3.05, 3.63) is 29.3 Å². The molecule has 3 rings (SSSR count). The number of nitrogens with one attached hydrogen (secondary N) is 2. The highest BCUT2D eigenvalue weighted by Crippen LogP contribution is 2.25. The Labute approximate surface area is 118 Å². The number of hydrogen-bond acceptors (Lipinski definition) is 3. The van der Waals surface area contributed by atoms with Crippen molar-refractivity contribution < 1.29 is 9.59 Å². The number of carbonyl (C=O) groups is 2. The molecule has 0 saturated carbocycles. The van der Waals surface area contributed by atoms with Gasteiger partial charge in [0.2, 0.25) is 5.91 Å². The molecular weight excluding hydrogens is 254 g/mol. The van der Waals surface area contributed by atoms with E-state index in [0.717, 1.165) is 37.2 Å². The predicted molar refractivity (Wildman–Crippen MR) is 76.8 cm³/mol. The van der Waals surface area contributed by atoms with Crippen LogP contribution in [0.1, 0.15) is 28.8 Å². The molecule has 0 spiro atoms. The van der Waals surface area contributed by atoms with E-state index in [1.807, 2.05) is 24.1 Å². The summed E-state index contributed by atoms with van der Waals surface area (Å²) in [5, 5.41) is 6.09. The molecule has 2 N–H and O–H groups in total. The molecule has 5 nitrogen and oxygen atoms in total. The van der Waals surface area contributed by atoms with Crippen LogP contribution < -0.4 is 10.6 Å². The summed E-state index contributed by atoms with van der Waals surface area (Å²) >= 11 is 0. The van der Waals surface area contributed by atoms with Crippen LogP contribution in [0.3, 0.4) is 0 Å². The van der Waals surface area contributed by atoms with Crippen molar-refractivity contribution in [3.63, 3.8) is 0 Å². The fourth-order valence-electron chi connectivity index (χ4n) is 2.91. The van der Waals surface area contributed by atoms with Gasteiger partial charge in [-0.25, -0.2) is 0 Å². The summed E-state index contributed by atoms with van der Waals surface area (Å²) in [4.78, 5) is 25.7.